The van der Waals surface area contributed by atoms with Crippen molar-refractivity contribution in [3.8, 4) is 0 Å². The van der Waals surface area contributed by atoms with Crippen LogP contribution in [0.1, 0.15) is 31.4 Å². The van der Waals surface area contributed by atoms with E-state index in [0.29, 0.717) is 22.9 Å². The van der Waals surface area contributed by atoms with E-state index in [9.17, 15) is 14.3 Å². The highest BCUT2D eigenvalue weighted by molar-refractivity contribution is 9.10. The molecule has 0 aliphatic carbocycles. The summed E-state index contributed by atoms with van der Waals surface area (Å²) < 4.78 is 13.3. The van der Waals surface area contributed by atoms with Crippen molar-refractivity contribution in [2.24, 2.45) is 5.92 Å². The first-order chi connectivity index (χ1) is 7.97. The molecule has 0 spiro atoms. The Morgan fingerprint density at radius 2 is 2.18 bits per heavy atom. The lowest BCUT2D eigenvalue weighted by Gasteiger charge is -2.20. The number of hydrogen-bond donors (Lipinski definition) is 2. The number of carbonyl (C=O) groups is 1. The van der Waals surface area contributed by atoms with Gasteiger partial charge < -0.3 is 10.2 Å². The van der Waals surface area contributed by atoms with Crippen molar-refractivity contribution in [3.63, 3.8) is 0 Å². The normalized spacial score (nSPS) is 14.4. The van der Waals surface area contributed by atoms with Crippen LogP contribution in [-0.4, -0.2) is 16.2 Å². The monoisotopic (exact) mass is 304 g/mol. The van der Waals surface area contributed by atoms with E-state index in [-0.39, 0.29) is 0 Å². The molecule has 5 heteroatoms. The molecular formula is C12H14BrFO3. The number of benzene rings is 1. The minimum Gasteiger partial charge on any atom is -0.481 e. The van der Waals surface area contributed by atoms with Crippen LogP contribution < -0.4 is 0 Å². The number of aliphatic hydroxyl groups is 1. The molecule has 0 radical (unpaired) electrons. The lowest BCUT2D eigenvalue weighted by atomic mass is 9.92. The van der Waals surface area contributed by atoms with Crippen LogP contribution in [0.2, 0.25) is 0 Å². The van der Waals surface area contributed by atoms with Crippen molar-refractivity contribution < 1.29 is 19.4 Å². The molecule has 0 aromatic heterocycles. The number of aliphatic carboxylic acids is 1. The molecule has 0 heterocycles. The van der Waals surface area contributed by atoms with Gasteiger partial charge in [0.05, 0.1) is 12.0 Å². The van der Waals surface area contributed by atoms with Crippen LogP contribution in [0.3, 0.4) is 0 Å². The molecule has 1 aromatic carbocycles. The molecule has 1 aromatic rings. The van der Waals surface area contributed by atoms with Gasteiger partial charge in [-0.2, -0.15) is 0 Å². The first-order valence-electron chi connectivity index (χ1n) is 5.33. The van der Waals surface area contributed by atoms with E-state index in [2.05, 4.69) is 15.9 Å². The number of carboxylic acids is 1. The Bertz CT molecular complexity index is 409. The Hall–Kier alpha value is -0.940. The van der Waals surface area contributed by atoms with Crippen molar-refractivity contribution in [2.45, 2.75) is 25.9 Å². The van der Waals surface area contributed by atoms with E-state index in [1.54, 1.807) is 0 Å². The number of halogens is 2. The standard InChI is InChI=1S/C12H14BrFO3/c1-2-3-9(12(16)17)11(15)8-5-4-7(14)6-10(8)13/h4-6,9,11,15H,2-3H2,1H3,(H,16,17). The van der Waals surface area contributed by atoms with Crippen molar-refractivity contribution >= 4 is 21.9 Å². The maximum absolute atomic E-state index is 12.9. The van der Waals surface area contributed by atoms with Crippen LogP contribution in [0, 0.1) is 11.7 Å². The van der Waals surface area contributed by atoms with Crippen molar-refractivity contribution in [3.05, 3.63) is 34.1 Å². The average Bonchev–Trinajstić information content (AvgIpc) is 2.24. The zero-order valence-corrected chi connectivity index (χ0v) is 10.9. The second kappa shape index (κ2) is 6.12. The Labute approximate surface area is 107 Å². The van der Waals surface area contributed by atoms with E-state index in [1.807, 2.05) is 6.92 Å². The zero-order valence-electron chi connectivity index (χ0n) is 9.36. The minimum atomic E-state index is -1.14. The quantitative estimate of drug-likeness (QED) is 0.878. The number of hydrogen-bond acceptors (Lipinski definition) is 2. The molecule has 0 bridgehead atoms. The van der Waals surface area contributed by atoms with Crippen LogP contribution >= 0.6 is 15.9 Å². The predicted molar refractivity (Wildman–Crippen MR) is 65.1 cm³/mol. The molecular weight excluding hydrogens is 291 g/mol. The molecule has 0 amide bonds. The van der Waals surface area contributed by atoms with E-state index in [0.717, 1.165) is 0 Å². The van der Waals surface area contributed by atoms with Gasteiger partial charge in [-0.15, -0.1) is 0 Å². The summed E-state index contributed by atoms with van der Waals surface area (Å²) in [6.07, 6.45) is -0.102. The lowest BCUT2D eigenvalue weighted by Crippen LogP contribution is -2.22. The second-order valence-corrected chi connectivity index (χ2v) is 4.70. The maximum Gasteiger partial charge on any atom is 0.309 e. The van der Waals surface area contributed by atoms with Gasteiger partial charge in [0, 0.05) is 4.47 Å². The maximum atomic E-state index is 12.9. The molecule has 0 fully saturated rings. The summed E-state index contributed by atoms with van der Waals surface area (Å²) in [5, 5.41) is 19.1. The molecule has 1 rings (SSSR count). The summed E-state index contributed by atoms with van der Waals surface area (Å²) in [7, 11) is 0. The fraction of sp³-hybridized carbons (Fsp3) is 0.417. The largest absolute Gasteiger partial charge is 0.481 e. The van der Waals surface area contributed by atoms with Crippen LogP contribution in [0.4, 0.5) is 4.39 Å². The molecule has 17 heavy (non-hydrogen) atoms. The van der Waals surface area contributed by atoms with Gasteiger partial charge in [0.15, 0.2) is 0 Å². The Morgan fingerprint density at radius 1 is 1.53 bits per heavy atom. The molecule has 0 aliphatic rings. The number of rotatable bonds is 5. The summed E-state index contributed by atoms with van der Waals surface area (Å²) in [5.74, 6) is -2.35. The molecule has 0 aliphatic heterocycles. The van der Waals surface area contributed by atoms with E-state index in [4.69, 9.17) is 5.11 Å². The summed E-state index contributed by atoms with van der Waals surface area (Å²) in [5.41, 5.74) is 0.396. The van der Waals surface area contributed by atoms with Gasteiger partial charge in [0.2, 0.25) is 0 Å². The first-order valence-corrected chi connectivity index (χ1v) is 6.12. The molecule has 2 N–H and O–H groups in total. The van der Waals surface area contributed by atoms with E-state index in [1.165, 1.54) is 18.2 Å². The summed E-state index contributed by atoms with van der Waals surface area (Å²) in [6, 6.07) is 3.81. The summed E-state index contributed by atoms with van der Waals surface area (Å²) in [4.78, 5) is 11.0. The summed E-state index contributed by atoms with van der Waals surface area (Å²) >= 11 is 3.12. The highest BCUT2D eigenvalue weighted by Gasteiger charge is 2.28. The third-order valence-electron chi connectivity index (χ3n) is 2.58. The first kappa shape index (κ1) is 14.1. The molecule has 3 nitrogen and oxygen atoms in total. The Kier molecular flexibility index (Phi) is 5.08. The van der Waals surface area contributed by atoms with Gasteiger partial charge in [-0.05, 0) is 24.1 Å². The Balaban J connectivity index is 3.00. The van der Waals surface area contributed by atoms with Gasteiger partial charge in [-0.3, -0.25) is 4.79 Å². The highest BCUT2D eigenvalue weighted by atomic mass is 79.9. The average molecular weight is 305 g/mol. The summed E-state index contributed by atoms with van der Waals surface area (Å²) in [6.45, 7) is 1.85. The van der Waals surface area contributed by atoms with Crippen LogP contribution in [-0.2, 0) is 4.79 Å². The Morgan fingerprint density at radius 3 is 2.65 bits per heavy atom. The van der Waals surface area contributed by atoms with Gasteiger partial charge in [-0.1, -0.05) is 35.3 Å². The molecule has 0 saturated carbocycles. The van der Waals surface area contributed by atoms with Crippen molar-refractivity contribution in [1.29, 1.82) is 0 Å². The molecule has 0 saturated heterocycles. The third kappa shape index (κ3) is 3.51. The van der Waals surface area contributed by atoms with Crippen molar-refractivity contribution in [2.75, 3.05) is 0 Å². The fourth-order valence-electron chi connectivity index (χ4n) is 1.69. The topological polar surface area (TPSA) is 57.5 Å². The van der Waals surface area contributed by atoms with Gasteiger partial charge in [0.1, 0.15) is 5.82 Å². The molecule has 2 unspecified atom stereocenters. The van der Waals surface area contributed by atoms with Gasteiger partial charge >= 0.3 is 5.97 Å². The smallest absolute Gasteiger partial charge is 0.309 e. The lowest BCUT2D eigenvalue weighted by molar-refractivity contribution is -0.146. The van der Waals surface area contributed by atoms with Crippen molar-refractivity contribution in [1.82, 2.24) is 0 Å². The minimum absolute atomic E-state index is 0.375. The second-order valence-electron chi connectivity index (χ2n) is 3.84. The van der Waals surface area contributed by atoms with Gasteiger partial charge in [0.25, 0.3) is 0 Å². The van der Waals surface area contributed by atoms with Gasteiger partial charge in [-0.25, -0.2) is 4.39 Å². The highest BCUT2D eigenvalue weighted by Crippen LogP contribution is 2.31. The van der Waals surface area contributed by atoms with Crippen LogP contribution in [0.15, 0.2) is 22.7 Å². The fourth-order valence-corrected chi connectivity index (χ4v) is 2.27. The molecule has 2 atom stereocenters. The molecule has 94 valence electrons. The third-order valence-corrected chi connectivity index (χ3v) is 3.27. The zero-order chi connectivity index (χ0) is 13.0. The van der Waals surface area contributed by atoms with Crippen LogP contribution in [0.25, 0.3) is 0 Å². The number of carboxylic acid groups (broad SMARTS) is 1. The van der Waals surface area contributed by atoms with E-state index >= 15 is 0 Å². The number of aliphatic hydroxyl groups excluding tert-OH is 1. The van der Waals surface area contributed by atoms with Crippen LogP contribution in [0.5, 0.6) is 0 Å². The predicted octanol–water partition coefficient (Wildman–Crippen LogP) is 3.12. The SMILES string of the molecule is CCCC(C(=O)O)C(O)c1ccc(F)cc1Br. The van der Waals surface area contributed by atoms with E-state index < -0.39 is 23.8 Å².